The van der Waals surface area contributed by atoms with Crippen molar-refractivity contribution >= 4 is 27.1 Å². The first-order valence-electron chi connectivity index (χ1n) is 7.94. The van der Waals surface area contributed by atoms with Crippen molar-refractivity contribution in [2.45, 2.75) is 17.7 Å². The molecule has 1 N–H and O–H groups in total. The van der Waals surface area contributed by atoms with E-state index in [1.165, 1.54) is 23.5 Å². The van der Waals surface area contributed by atoms with Crippen LogP contribution in [0, 0.1) is 0 Å². The monoisotopic (exact) mass is 391 g/mol. The highest BCUT2D eigenvalue weighted by Crippen LogP contribution is 2.20. The Morgan fingerprint density at radius 3 is 2.69 bits per heavy atom. The Bertz CT molecular complexity index is 951. The van der Waals surface area contributed by atoms with Crippen LogP contribution in [0.25, 0.3) is 11.5 Å². The van der Waals surface area contributed by atoms with Crippen LogP contribution >= 0.6 is 11.3 Å². The quantitative estimate of drug-likeness (QED) is 0.632. The van der Waals surface area contributed by atoms with Crippen LogP contribution < -0.4 is 5.32 Å². The molecule has 3 aromatic rings. The first-order chi connectivity index (χ1) is 12.5. The van der Waals surface area contributed by atoms with Crippen LogP contribution in [0.1, 0.15) is 12.3 Å². The summed E-state index contributed by atoms with van der Waals surface area (Å²) in [7, 11) is -3.40. The smallest absolute Gasteiger partial charge is 0.248 e. The first kappa shape index (κ1) is 18.3. The van der Waals surface area contributed by atoms with Crippen molar-refractivity contribution in [3.63, 3.8) is 0 Å². The minimum Gasteiger partial charge on any atom is -0.421 e. The fourth-order valence-electron chi connectivity index (χ4n) is 2.24. The maximum absolute atomic E-state index is 12.1. The Labute approximate surface area is 155 Å². The number of amides is 1. The number of nitrogens with zero attached hydrogens (tertiary/aromatic N) is 2. The topological polar surface area (TPSA) is 102 Å². The van der Waals surface area contributed by atoms with E-state index in [1.54, 1.807) is 18.2 Å². The maximum atomic E-state index is 12.1. The largest absolute Gasteiger partial charge is 0.421 e. The van der Waals surface area contributed by atoms with E-state index in [-0.39, 0.29) is 29.5 Å². The predicted octanol–water partition coefficient (Wildman–Crippen LogP) is 2.32. The fraction of sp³-hybridized carbons (Fsp3) is 0.235. The molecule has 0 fully saturated rings. The Kier molecular flexibility index (Phi) is 5.79. The van der Waals surface area contributed by atoms with E-state index in [9.17, 15) is 13.2 Å². The van der Waals surface area contributed by atoms with Crippen LogP contribution in [0.5, 0.6) is 0 Å². The van der Waals surface area contributed by atoms with Gasteiger partial charge in [-0.25, -0.2) is 8.42 Å². The van der Waals surface area contributed by atoms with Gasteiger partial charge in [0.25, 0.3) is 0 Å². The molecule has 0 saturated heterocycles. The molecule has 2 aromatic heterocycles. The van der Waals surface area contributed by atoms with Gasteiger partial charge in [-0.2, -0.15) is 11.3 Å². The maximum Gasteiger partial charge on any atom is 0.248 e. The van der Waals surface area contributed by atoms with Crippen molar-refractivity contribution in [2.75, 3.05) is 12.3 Å². The second-order valence-corrected chi connectivity index (χ2v) is 8.38. The average Bonchev–Trinajstić information content (AvgIpc) is 3.32. The molecule has 136 valence electrons. The number of thiophene rings is 1. The summed E-state index contributed by atoms with van der Waals surface area (Å²) < 4.78 is 29.8. The standard InChI is InChI=1S/C17H17N3O4S2/c21-15(18-9-11-26(22,23)14-4-2-1-3-5-14)6-7-16-19-20-17(24-16)13-8-10-25-12-13/h1-5,8,10,12H,6-7,9,11H2,(H,18,21). The van der Waals surface area contributed by atoms with Crippen molar-refractivity contribution in [2.24, 2.45) is 0 Å². The van der Waals surface area contributed by atoms with Gasteiger partial charge in [0.15, 0.2) is 9.84 Å². The number of sulfone groups is 1. The van der Waals surface area contributed by atoms with Crippen molar-refractivity contribution in [1.29, 1.82) is 0 Å². The van der Waals surface area contributed by atoms with Gasteiger partial charge in [-0.05, 0) is 23.6 Å². The van der Waals surface area contributed by atoms with E-state index >= 15 is 0 Å². The summed E-state index contributed by atoms with van der Waals surface area (Å²) in [6.07, 6.45) is 0.449. The van der Waals surface area contributed by atoms with E-state index in [4.69, 9.17) is 4.42 Å². The molecule has 7 nitrogen and oxygen atoms in total. The zero-order valence-electron chi connectivity index (χ0n) is 13.8. The van der Waals surface area contributed by atoms with Gasteiger partial charge in [0.1, 0.15) is 0 Å². The van der Waals surface area contributed by atoms with Crippen LogP contribution in [0.2, 0.25) is 0 Å². The highest BCUT2D eigenvalue weighted by Gasteiger charge is 2.15. The number of aromatic nitrogens is 2. The second kappa shape index (κ2) is 8.24. The number of carbonyl (C=O) groups is 1. The molecule has 2 heterocycles. The third kappa shape index (κ3) is 4.77. The first-order valence-corrected chi connectivity index (χ1v) is 10.5. The van der Waals surface area contributed by atoms with Crippen molar-refractivity contribution < 1.29 is 17.6 Å². The normalized spacial score (nSPS) is 11.4. The minimum atomic E-state index is -3.40. The molecule has 0 aliphatic rings. The number of nitrogens with one attached hydrogen (secondary N) is 1. The molecule has 0 atom stereocenters. The summed E-state index contributed by atoms with van der Waals surface area (Å²) >= 11 is 1.53. The van der Waals surface area contributed by atoms with Gasteiger partial charge in [-0.3, -0.25) is 4.79 Å². The van der Waals surface area contributed by atoms with E-state index in [2.05, 4.69) is 15.5 Å². The van der Waals surface area contributed by atoms with Gasteiger partial charge in [0.2, 0.25) is 17.7 Å². The number of hydrogen-bond acceptors (Lipinski definition) is 7. The van der Waals surface area contributed by atoms with Crippen LogP contribution in [0.15, 0.2) is 56.5 Å². The fourth-order valence-corrected chi connectivity index (χ4v) is 4.04. The molecule has 1 amide bonds. The van der Waals surface area contributed by atoms with Crippen LogP contribution in [-0.4, -0.2) is 36.8 Å². The van der Waals surface area contributed by atoms with Crippen LogP contribution in [-0.2, 0) is 21.1 Å². The average molecular weight is 391 g/mol. The molecule has 1 aromatic carbocycles. The lowest BCUT2D eigenvalue weighted by atomic mass is 10.3. The SMILES string of the molecule is O=C(CCc1nnc(-c2ccsc2)o1)NCCS(=O)(=O)c1ccccc1. The molecule has 0 aliphatic carbocycles. The Morgan fingerprint density at radius 1 is 1.15 bits per heavy atom. The summed E-state index contributed by atoms with van der Waals surface area (Å²) in [6.45, 7) is 0.0556. The zero-order valence-corrected chi connectivity index (χ0v) is 15.4. The molecule has 0 radical (unpaired) electrons. The van der Waals surface area contributed by atoms with E-state index in [0.29, 0.717) is 18.2 Å². The van der Waals surface area contributed by atoms with Gasteiger partial charge in [-0.1, -0.05) is 18.2 Å². The van der Waals surface area contributed by atoms with Crippen LogP contribution in [0.4, 0.5) is 0 Å². The van der Waals surface area contributed by atoms with Gasteiger partial charge in [0.05, 0.1) is 10.6 Å². The highest BCUT2D eigenvalue weighted by atomic mass is 32.2. The van der Waals surface area contributed by atoms with Crippen molar-refractivity contribution in [1.82, 2.24) is 15.5 Å². The molecule has 0 unspecified atom stereocenters. The lowest BCUT2D eigenvalue weighted by molar-refractivity contribution is -0.121. The highest BCUT2D eigenvalue weighted by molar-refractivity contribution is 7.91. The van der Waals surface area contributed by atoms with E-state index < -0.39 is 9.84 Å². The van der Waals surface area contributed by atoms with E-state index in [0.717, 1.165) is 5.56 Å². The lowest BCUT2D eigenvalue weighted by Gasteiger charge is -2.06. The molecule has 3 rings (SSSR count). The van der Waals surface area contributed by atoms with Gasteiger partial charge < -0.3 is 9.73 Å². The number of aryl methyl sites for hydroxylation is 1. The summed E-state index contributed by atoms with van der Waals surface area (Å²) in [4.78, 5) is 12.1. The predicted molar refractivity (Wildman–Crippen MR) is 97.4 cm³/mol. The molecule has 9 heteroatoms. The summed E-state index contributed by atoms with van der Waals surface area (Å²) in [5, 5.41) is 14.3. The van der Waals surface area contributed by atoms with Gasteiger partial charge in [0, 0.05) is 30.3 Å². The Balaban J connectivity index is 1.43. The molecule has 0 aliphatic heterocycles. The third-order valence-electron chi connectivity index (χ3n) is 3.60. The van der Waals surface area contributed by atoms with Gasteiger partial charge >= 0.3 is 0 Å². The second-order valence-electron chi connectivity index (χ2n) is 5.49. The molecule has 0 spiro atoms. The summed E-state index contributed by atoms with van der Waals surface area (Å²) in [6, 6.07) is 10.0. The van der Waals surface area contributed by atoms with E-state index in [1.807, 2.05) is 16.8 Å². The number of rotatable bonds is 8. The number of carbonyl (C=O) groups excluding carboxylic acids is 1. The number of hydrogen-bond donors (Lipinski definition) is 1. The minimum absolute atomic E-state index is 0.0556. The molecular weight excluding hydrogens is 374 g/mol. The molecular formula is C17H17N3O4S2. The lowest BCUT2D eigenvalue weighted by Crippen LogP contribution is -2.29. The summed E-state index contributed by atoms with van der Waals surface area (Å²) in [5.74, 6) is 0.392. The van der Waals surface area contributed by atoms with Crippen LogP contribution in [0.3, 0.4) is 0 Å². The Morgan fingerprint density at radius 2 is 1.96 bits per heavy atom. The molecule has 0 bridgehead atoms. The Hall–Kier alpha value is -2.52. The summed E-state index contributed by atoms with van der Waals surface area (Å²) in [5.41, 5.74) is 0.851. The van der Waals surface area contributed by atoms with Gasteiger partial charge in [-0.15, -0.1) is 10.2 Å². The third-order valence-corrected chi connectivity index (χ3v) is 6.01. The van der Waals surface area contributed by atoms with Crippen molar-refractivity contribution in [3.8, 4) is 11.5 Å². The number of benzene rings is 1. The molecule has 0 saturated carbocycles. The molecule has 26 heavy (non-hydrogen) atoms. The zero-order chi connectivity index (χ0) is 18.4. The van der Waals surface area contributed by atoms with Crippen molar-refractivity contribution in [3.05, 3.63) is 53.0 Å².